The molecule has 0 unspecified atom stereocenters. The van der Waals surface area contributed by atoms with Gasteiger partial charge >= 0.3 is 0 Å². The molecule has 3 aliphatic rings. The van der Waals surface area contributed by atoms with Gasteiger partial charge in [-0.05, 0) is 36.9 Å². The van der Waals surface area contributed by atoms with Crippen LogP contribution in [0.2, 0.25) is 0 Å². The predicted octanol–water partition coefficient (Wildman–Crippen LogP) is 2.07. The van der Waals surface area contributed by atoms with E-state index in [0.717, 1.165) is 37.3 Å². The Morgan fingerprint density at radius 1 is 1.10 bits per heavy atom. The molecule has 0 aliphatic carbocycles. The Hall–Kier alpha value is -3.19. The fraction of sp³-hybridized carbons (Fsp3) is 0.375. The second-order valence-electron chi connectivity index (χ2n) is 8.83. The van der Waals surface area contributed by atoms with E-state index in [0.29, 0.717) is 30.7 Å². The molecule has 3 aliphatic heterocycles. The zero-order valence-electron chi connectivity index (χ0n) is 17.7. The molecule has 2 aromatic rings. The highest BCUT2D eigenvalue weighted by molar-refractivity contribution is 5.93. The molecule has 2 saturated heterocycles. The van der Waals surface area contributed by atoms with Gasteiger partial charge in [0.05, 0.1) is 6.54 Å². The number of hydrogen-bond acceptors (Lipinski definition) is 5. The van der Waals surface area contributed by atoms with Gasteiger partial charge in [-0.2, -0.15) is 0 Å². The van der Waals surface area contributed by atoms with Gasteiger partial charge in [0.1, 0.15) is 5.82 Å². The highest BCUT2D eigenvalue weighted by atomic mass is 16.2. The van der Waals surface area contributed by atoms with Crippen LogP contribution in [0.4, 0.5) is 11.5 Å². The molecule has 0 saturated carbocycles. The quantitative estimate of drug-likeness (QED) is 0.775. The molecule has 1 N–H and O–H groups in total. The number of rotatable bonds is 3. The van der Waals surface area contributed by atoms with E-state index in [1.165, 1.54) is 5.69 Å². The zero-order valence-corrected chi connectivity index (χ0v) is 17.7. The molecule has 7 heteroatoms. The van der Waals surface area contributed by atoms with Crippen LogP contribution in [0.5, 0.6) is 0 Å². The average Bonchev–Trinajstić information content (AvgIpc) is 3.29. The molecule has 2 atom stereocenters. The Bertz CT molecular complexity index is 1010. The van der Waals surface area contributed by atoms with E-state index in [1.807, 2.05) is 35.1 Å². The van der Waals surface area contributed by atoms with Crippen molar-refractivity contribution in [3.05, 3.63) is 59.8 Å². The number of nitrogens with one attached hydrogen (secondary N) is 1. The Morgan fingerprint density at radius 2 is 1.84 bits per heavy atom. The number of fused-ring (bicyclic) bond motifs is 2. The third-order valence-corrected chi connectivity index (χ3v) is 6.44. The maximum absolute atomic E-state index is 12.8. The number of aromatic nitrogens is 1. The third kappa shape index (κ3) is 4.18. The lowest BCUT2D eigenvalue weighted by Crippen LogP contribution is -2.32. The van der Waals surface area contributed by atoms with Crippen LogP contribution < -0.4 is 10.2 Å². The number of carbonyl (C=O) groups is 2. The lowest BCUT2D eigenvalue weighted by Gasteiger charge is -2.22. The standard InChI is InChI=1S/C24H27N5O2/c1-27-11-18-9-17(10-25-24(18)26-22(30)16-27)7-8-23(31)29-14-19-12-28(13-20(19)15-29)21-5-3-2-4-6-21/h2-10,19-20H,11-16H2,1H3,(H,25,26,30)/t19-,20+. The molecule has 0 radical (unpaired) electrons. The lowest BCUT2D eigenvalue weighted by molar-refractivity contribution is -0.125. The Morgan fingerprint density at radius 3 is 2.58 bits per heavy atom. The van der Waals surface area contributed by atoms with E-state index < -0.39 is 0 Å². The molecule has 4 heterocycles. The van der Waals surface area contributed by atoms with Crippen molar-refractivity contribution in [3.8, 4) is 0 Å². The summed E-state index contributed by atoms with van der Waals surface area (Å²) in [5.41, 5.74) is 3.10. The Labute approximate surface area is 182 Å². The first-order chi connectivity index (χ1) is 15.0. The van der Waals surface area contributed by atoms with Crippen LogP contribution in [-0.4, -0.2) is 66.4 Å². The summed E-state index contributed by atoms with van der Waals surface area (Å²) in [5, 5.41) is 2.83. The zero-order chi connectivity index (χ0) is 21.4. The van der Waals surface area contributed by atoms with E-state index in [-0.39, 0.29) is 11.8 Å². The van der Waals surface area contributed by atoms with Gasteiger partial charge in [-0.3, -0.25) is 14.5 Å². The van der Waals surface area contributed by atoms with E-state index in [1.54, 1.807) is 12.3 Å². The Balaban J connectivity index is 1.21. The fourth-order valence-electron chi connectivity index (χ4n) is 4.91. The molecule has 0 bridgehead atoms. The fourth-order valence-corrected chi connectivity index (χ4v) is 4.91. The molecule has 1 aromatic heterocycles. The molecule has 160 valence electrons. The van der Waals surface area contributed by atoms with Crippen LogP contribution in [-0.2, 0) is 16.1 Å². The molecule has 2 fully saturated rings. The first kappa shape index (κ1) is 19.8. The highest BCUT2D eigenvalue weighted by Crippen LogP contribution is 2.34. The summed E-state index contributed by atoms with van der Waals surface area (Å²) in [6.45, 7) is 4.64. The number of anilines is 2. The van der Waals surface area contributed by atoms with Gasteiger partial charge in [-0.25, -0.2) is 4.98 Å². The van der Waals surface area contributed by atoms with Gasteiger partial charge in [-0.1, -0.05) is 18.2 Å². The number of likely N-dealkylation sites (N-methyl/N-ethyl adjacent to an activating group) is 1. The number of amides is 2. The summed E-state index contributed by atoms with van der Waals surface area (Å²) < 4.78 is 0. The van der Waals surface area contributed by atoms with Gasteiger partial charge < -0.3 is 15.1 Å². The number of benzene rings is 1. The predicted molar refractivity (Wildman–Crippen MR) is 120 cm³/mol. The van der Waals surface area contributed by atoms with E-state index in [9.17, 15) is 9.59 Å². The molecular formula is C24H27N5O2. The van der Waals surface area contributed by atoms with Crippen LogP contribution >= 0.6 is 0 Å². The van der Waals surface area contributed by atoms with Gasteiger partial charge in [0.2, 0.25) is 11.8 Å². The molecule has 5 rings (SSSR count). The largest absolute Gasteiger partial charge is 0.371 e. The smallest absolute Gasteiger partial charge is 0.246 e. The minimum atomic E-state index is -0.0577. The van der Waals surface area contributed by atoms with Crippen molar-refractivity contribution in [2.45, 2.75) is 6.54 Å². The highest BCUT2D eigenvalue weighted by Gasteiger charge is 2.41. The van der Waals surface area contributed by atoms with Crippen molar-refractivity contribution in [2.75, 3.05) is 50.0 Å². The number of likely N-dealkylation sites (tertiary alicyclic amines) is 1. The monoisotopic (exact) mass is 417 g/mol. The summed E-state index contributed by atoms with van der Waals surface area (Å²) in [5.74, 6) is 1.67. The molecule has 2 amide bonds. The van der Waals surface area contributed by atoms with Crippen molar-refractivity contribution < 1.29 is 9.59 Å². The van der Waals surface area contributed by atoms with Crippen LogP contribution in [0.3, 0.4) is 0 Å². The molecule has 31 heavy (non-hydrogen) atoms. The maximum atomic E-state index is 12.8. The minimum Gasteiger partial charge on any atom is -0.371 e. The SMILES string of the molecule is CN1CC(=O)Nc2ncc(C=CC(=O)N3C[C@@H]4CN(c5ccccc5)C[C@@H]4C3)cc2C1. The number of pyridine rings is 1. The number of hydrogen-bond donors (Lipinski definition) is 1. The summed E-state index contributed by atoms with van der Waals surface area (Å²) in [6.07, 6.45) is 5.18. The number of nitrogens with zero attached hydrogens (tertiary/aromatic N) is 4. The normalized spacial score (nSPS) is 23.6. The molecule has 1 aromatic carbocycles. The third-order valence-electron chi connectivity index (χ3n) is 6.44. The summed E-state index contributed by atoms with van der Waals surface area (Å²) >= 11 is 0. The van der Waals surface area contributed by atoms with E-state index >= 15 is 0 Å². The van der Waals surface area contributed by atoms with Crippen LogP contribution in [0, 0.1) is 11.8 Å². The van der Waals surface area contributed by atoms with E-state index in [4.69, 9.17) is 0 Å². The first-order valence-corrected chi connectivity index (χ1v) is 10.8. The molecule has 7 nitrogen and oxygen atoms in total. The summed E-state index contributed by atoms with van der Waals surface area (Å²) in [4.78, 5) is 35.3. The van der Waals surface area contributed by atoms with Crippen molar-refractivity contribution in [1.29, 1.82) is 0 Å². The van der Waals surface area contributed by atoms with Crippen molar-refractivity contribution >= 4 is 29.4 Å². The topological polar surface area (TPSA) is 68.8 Å². The van der Waals surface area contributed by atoms with Crippen molar-refractivity contribution in [3.63, 3.8) is 0 Å². The first-order valence-electron chi connectivity index (χ1n) is 10.8. The Kier molecular flexibility index (Phi) is 5.19. The lowest BCUT2D eigenvalue weighted by atomic mass is 10.0. The maximum Gasteiger partial charge on any atom is 0.246 e. The molecular weight excluding hydrogens is 390 g/mol. The average molecular weight is 418 g/mol. The second kappa shape index (κ2) is 8.15. The van der Waals surface area contributed by atoms with Crippen molar-refractivity contribution in [1.82, 2.24) is 14.8 Å². The van der Waals surface area contributed by atoms with Gasteiger partial charge in [0, 0.05) is 68.1 Å². The van der Waals surface area contributed by atoms with Crippen LogP contribution in [0.1, 0.15) is 11.1 Å². The summed E-state index contributed by atoms with van der Waals surface area (Å²) in [7, 11) is 1.91. The van der Waals surface area contributed by atoms with Crippen LogP contribution in [0.25, 0.3) is 6.08 Å². The van der Waals surface area contributed by atoms with Gasteiger partial charge in [-0.15, -0.1) is 0 Å². The van der Waals surface area contributed by atoms with Gasteiger partial charge in [0.15, 0.2) is 0 Å². The van der Waals surface area contributed by atoms with Gasteiger partial charge in [0.25, 0.3) is 0 Å². The van der Waals surface area contributed by atoms with Crippen molar-refractivity contribution in [2.24, 2.45) is 11.8 Å². The molecule has 0 spiro atoms. The minimum absolute atomic E-state index is 0.0565. The van der Waals surface area contributed by atoms with Crippen LogP contribution in [0.15, 0.2) is 48.7 Å². The second-order valence-corrected chi connectivity index (χ2v) is 8.83. The number of para-hydroxylation sites is 1. The number of carbonyl (C=O) groups excluding carboxylic acids is 2. The summed E-state index contributed by atoms with van der Waals surface area (Å²) in [6, 6.07) is 12.5. The van der Waals surface area contributed by atoms with E-state index in [2.05, 4.69) is 39.5 Å².